The Morgan fingerprint density at radius 3 is 1.73 bits per heavy atom. The fourth-order valence-corrected chi connectivity index (χ4v) is 5.08. The van der Waals surface area contributed by atoms with Gasteiger partial charge in [-0.1, -0.05) is 0 Å². The number of hydrogen-bond acceptors (Lipinski definition) is 11. The van der Waals surface area contributed by atoms with Crippen molar-refractivity contribution in [3.8, 4) is 57.1 Å². The number of ketones is 2. The molecule has 0 amide bonds. The van der Waals surface area contributed by atoms with Crippen LogP contribution in [0.5, 0.6) is 46.0 Å². The number of carbonyl (C=O) groups is 2. The van der Waals surface area contributed by atoms with Gasteiger partial charge in [0.25, 0.3) is 0 Å². The van der Waals surface area contributed by atoms with E-state index in [0.29, 0.717) is 0 Å². The Bertz CT molecular complexity index is 1720. The molecule has 0 fully saturated rings. The van der Waals surface area contributed by atoms with Crippen LogP contribution in [0.1, 0.15) is 27.1 Å². The van der Waals surface area contributed by atoms with Crippen molar-refractivity contribution in [1.82, 2.24) is 0 Å². The third-order valence-corrected chi connectivity index (χ3v) is 6.70. The fraction of sp³-hybridized carbons (Fsp3) is 0.154. The fourth-order valence-electron chi connectivity index (χ4n) is 5.08. The number of aliphatic hydroxyl groups is 1. The molecule has 1 unspecified atom stereocenters. The van der Waals surface area contributed by atoms with Crippen molar-refractivity contribution >= 4 is 33.1 Å². The first-order valence-electron chi connectivity index (χ1n) is 11.1. The summed E-state index contributed by atoms with van der Waals surface area (Å²) >= 11 is 0. The van der Waals surface area contributed by atoms with E-state index in [1.807, 2.05) is 0 Å². The van der Waals surface area contributed by atoms with Crippen molar-refractivity contribution in [3.05, 3.63) is 35.4 Å². The van der Waals surface area contributed by atoms with E-state index in [0.717, 1.165) is 12.1 Å². The van der Waals surface area contributed by atoms with Crippen LogP contribution in [-0.4, -0.2) is 66.6 Å². The Morgan fingerprint density at radius 2 is 1.16 bits per heavy atom. The molecule has 6 rings (SSSR count). The van der Waals surface area contributed by atoms with E-state index in [1.54, 1.807) is 0 Å². The van der Waals surface area contributed by atoms with Crippen molar-refractivity contribution < 1.29 is 54.8 Å². The second-order valence-corrected chi connectivity index (χ2v) is 8.83. The Balaban J connectivity index is 1.78. The van der Waals surface area contributed by atoms with Crippen LogP contribution in [0.2, 0.25) is 0 Å². The summed E-state index contributed by atoms with van der Waals surface area (Å²) in [5, 5.41) is 74.2. The molecule has 11 heteroatoms. The Morgan fingerprint density at radius 1 is 0.649 bits per heavy atom. The molecule has 7 N–H and O–H groups in total. The summed E-state index contributed by atoms with van der Waals surface area (Å²) in [5.41, 5.74) is -0.798. The van der Waals surface area contributed by atoms with Gasteiger partial charge in [-0.2, -0.15) is 0 Å². The van der Waals surface area contributed by atoms with E-state index in [-0.39, 0.29) is 68.3 Å². The maximum Gasteiger partial charge on any atom is 0.202 e. The van der Waals surface area contributed by atoms with Gasteiger partial charge >= 0.3 is 0 Å². The van der Waals surface area contributed by atoms with E-state index in [1.165, 1.54) is 12.1 Å². The number of ether oxygens (including phenoxy) is 2. The first-order valence-corrected chi connectivity index (χ1v) is 11.1. The second kappa shape index (κ2) is 7.55. The highest BCUT2D eigenvalue weighted by Gasteiger charge is 2.34. The number of fused-ring (bicyclic) bond motifs is 4. The normalized spacial score (nSPS) is 16.8. The minimum absolute atomic E-state index is 0.00165. The van der Waals surface area contributed by atoms with Crippen molar-refractivity contribution in [2.45, 2.75) is 12.5 Å². The number of benzene rings is 4. The summed E-state index contributed by atoms with van der Waals surface area (Å²) < 4.78 is 11.0. The van der Waals surface area contributed by atoms with Crippen LogP contribution >= 0.6 is 0 Å². The summed E-state index contributed by atoms with van der Waals surface area (Å²) in [7, 11) is 0. The average molecular weight is 506 g/mol. The largest absolute Gasteiger partial charge is 0.507 e. The van der Waals surface area contributed by atoms with Crippen molar-refractivity contribution in [3.63, 3.8) is 0 Å². The van der Waals surface area contributed by atoms with Crippen LogP contribution in [-0.2, 0) is 0 Å². The molecule has 4 aromatic carbocycles. The van der Waals surface area contributed by atoms with Gasteiger partial charge < -0.3 is 45.2 Å². The molecular formula is C26H18O11. The Kier molecular flexibility index (Phi) is 4.60. The molecule has 0 bridgehead atoms. The van der Waals surface area contributed by atoms with Gasteiger partial charge in [0.15, 0.2) is 11.9 Å². The molecule has 0 radical (unpaired) electrons. The predicted molar refractivity (Wildman–Crippen MR) is 127 cm³/mol. The maximum atomic E-state index is 12.5. The first kappa shape index (κ1) is 22.6. The van der Waals surface area contributed by atoms with Crippen LogP contribution in [0.3, 0.4) is 0 Å². The van der Waals surface area contributed by atoms with Gasteiger partial charge in [-0.15, -0.1) is 0 Å². The number of rotatable bonds is 1. The molecule has 4 aromatic rings. The molecule has 0 saturated carbocycles. The van der Waals surface area contributed by atoms with Crippen molar-refractivity contribution in [2.24, 2.45) is 0 Å². The maximum absolute atomic E-state index is 12.5. The van der Waals surface area contributed by atoms with Gasteiger partial charge in [-0.25, -0.2) is 0 Å². The number of hydrogen-bond donors (Lipinski definition) is 7. The summed E-state index contributed by atoms with van der Waals surface area (Å²) in [6.07, 6.45) is -1.52. The smallest absolute Gasteiger partial charge is 0.202 e. The molecule has 0 spiro atoms. The Hall–Kier alpha value is -4.90. The van der Waals surface area contributed by atoms with Gasteiger partial charge in [-0.3, -0.25) is 9.59 Å². The van der Waals surface area contributed by atoms with E-state index in [9.17, 15) is 45.3 Å². The van der Waals surface area contributed by atoms with E-state index in [2.05, 4.69) is 0 Å². The molecule has 0 aromatic heterocycles. The van der Waals surface area contributed by atoms with Gasteiger partial charge in [-0.05, 0) is 12.1 Å². The molecular weight excluding hydrogens is 488 g/mol. The van der Waals surface area contributed by atoms with Crippen LogP contribution in [0.4, 0.5) is 0 Å². The van der Waals surface area contributed by atoms with Gasteiger partial charge in [0.1, 0.15) is 63.7 Å². The first-order chi connectivity index (χ1) is 17.6. The molecule has 188 valence electrons. The monoisotopic (exact) mass is 506 g/mol. The van der Waals surface area contributed by atoms with Crippen molar-refractivity contribution in [2.75, 3.05) is 13.2 Å². The number of carbonyl (C=O) groups excluding carboxylic acids is 2. The van der Waals surface area contributed by atoms with E-state index >= 15 is 0 Å². The molecule has 0 aliphatic carbocycles. The summed E-state index contributed by atoms with van der Waals surface area (Å²) in [5.74, 6) is -4.96. The second-order valence-electron chi connectivity index (χ2n) is 8.83. The number of aromatic hydroxyl groups is 6. The van der Waals surface area contributed by atoms with Crippen molar-refractivity contribution in [1.29, 1.82) is 0 Å². The lowest BCUT2D eigenvalue weighted by Gasteiger charge is -2.24. The van der Waals surface area contributed by atoms with E-state index in [4.69, 9.17) is 9.47 Å². The lowest BCUT2D eigenvalue weighted by molar-refractivity contribution is 0.0554. The molecule has 2 heterocycles. The van der Waals surface area contributed by atoms with E-state index < -0.39 is 58.8 Å². The predicted octanol–water partition coefficient (Wildman–Crippen LogP) is 2.79. The number of aliphatic hydroxyl groups excluding tert-OH is 1. The average Bonchev–Trinajstić information content (AvgIpc) is 2.82. The third-order valence-electron chi connectivity index (χ3n) is 6.70. The molecule has 11 nitrogen and oxygen atoms in total. The standard InChI is InChI=1S/C26H18O11/c27-10-1-2-36-16-3-8-18(11(28)5-13(30)20(8)25(34)22(10)16)19-9-4-17-23(24(33)15(32)7-37-17)26(35)21(9)14(31)6-12(19)29/h3-6,15,28-32,34-35H,1-2,7H2. The Labute approximate surface area is 206 Å². The zero-order chi connectivity index (χ0) is 26.3. The van der Waals surface area contributed by atoms with Gasteiger partial charge in [0, 0.05) is 40.5 Å². The highest BCUT2D eigenvalue weighted by Crippen LogP contribution is 2.55. The minimum Gasteiger partial charge on any atom is -0.507 e. The van der Waals surface area contributed by atoms with Crippen LogP contribution in [0.15, 0.2) is 24.3 Å². The SMILES string of the molecule is O=C1CCOc2cc3c(-c4c(O)cc(O)c5c(O)c6c(cc45)OCC(O)C6=O)c(O)cc(O)c3c(O)c21. The molecule has 0 saturated heterocycles. The highest BCUT2D eigenvalue weighted by molar-refractivity contribution is 6.19. The number of Topliss-reactive ketones (excluding diaryl/α,β-unsaturated/α-hetero) is 2. The molecule has 1 atom stereocenters. The topological polar surface area (TPSA) is 194 Å². The van der Waals surface area contributed by atoms with Crippen LogP contribution < -0.4 is 9.47 Å². The van der Waals surface area contributed by atoms with Gasteiger partial charge in [0.05, 0.1) is 17.4 Å². The zero-order valence-corrected chi connectivity index (χ0v) is 18.8. The zero-order valence-electron chi connectivity index (χ0n) is 18.8. The summed E-state index contributed by atoms with van der Waals surface area (Å²) in [6.45, 7) is -0.350. The molecule has 37 heavy (non-hydrogen) atoms. The third kappa shape index (κ3) is 2.97. The minimum atomic E-state index is -1.53. The summed E-state index contributed by atoms with van der Waals surface area (Å²) in [6, 6.07) is 4.36. The molecule has 2 aliphatic rings. The number of phenolic OH excluding ortho intramolecular Hbond substituents is 6. The lowest BCUT2D eigenvalue weighted by Crippen LogP contribution is -2.32. The number of phenols is 6. The van der Waals surface area contributed by atoms with Gasteiger partial charge in [0.2, 0.25) is 5.78 Å². The molecule has 2 aliphatic heterocycles. The van der Waals surface area contributed by atoms with Crippen LogP contribution in [0, 0.1) is 0 Å². The quantitative estimate of drug-likeness (QED) is 0.201. The highest BCUT2D eigenvalue weighted by atomic mass is 16.5. The lowest BCUT2D eigenvalue weighted by atomic mass is 9.87. The summed E-state index contributed by atoms with van der Waals surface area (Å²) in [4.78, 5) is 25.0. The van der Waals surface area contributed by atoms with Crippen LogP contribution in [0.25, 0.3) is 32.7 Å².